The summed E-state index contributed by atoms with van der Waals surface area (Å²) >= 11 is 0. The van der Waals surface area contributed by atoms with Crippen LogP contribution in [-0.4, -0.2) is 75.9 Å². The van der Waals surface area contributed by atoms with Gasteiger partial charge in [-0.3, -0.25) is 24.0 Å². The van der Waals surface area contributed by atoms with Crippen LogP contribution < -0.4 is 22.1 Å². The van der Waals surface area contributed by atoms with Gasteiger partial charge in [0, 0.05) is 13.5 Å². The highest BCUT2D eigenvalue weighted by Gasteiger charge is 2.34. The van der Waals surface area contributed by atoms with Crippen LogP contribution in [0.1, 0.15) is 43.7 Å². The molecule has 0 fully saturated rings. The summed E-state index contributed by atoms with van der Waals surface area (Å²) < 4.78 is 0. The second-order valence-corrected chi connectivity index (χ2v) is 11.0. The highest BCUT2D eigenvalue weighted by atomic mass is 16.4. The van der Waals surface area contributed by atoms with E-state index in [0.29, 0.717) is 18.4 Å². The van der Waals surface area contributed by atoms with E-state index in [0.717, 1.165) is 16.3 Å². The van der Waals surface area contributed by atoms with Gasteiger partial charge in [0.2, 0.25) is 23.6 Å². The lowest BCUT2D eigenvalue weighted by Gasteiger charge is -2.31. The van der Waals surface area contributed by atoms with Crippen LogP contribution in [0.2, 0.25) is 0 Å². The number of hydrogen-bond acceptors (Lipinski definition) is 7. The number of phenolic OH excluding ortho intramolecular Hbond substituents is 1. The van der Waals surface area contributed by atoms with Crippen LogP contribution in [0.25, 0.3) is 10.8 Å². The van der Waals surface area contributed by atoms with Crippen LogP contribution in [0, 0.1) is 0 Å². The molecule has 0 aromatic heterocycles. The van der Waals surface area contributed by atoms with E-state index in [2.05, 4.69) is 10.6 Å². The third-order valence-corrected chi connectivity index (χ3v) is 7.63. The van der Waals surface area contributed by atoms with Crippen molar-refractivity contribution in [3.8, 4) is 5.75 Å². The lowest BCUT2D eigenvalue weighted by atomic mass is 9.98. The van der Waals surface area contributed by atoms with Gasteiger partial charge in [0.1, 0.15) is 23.9 Å². The fraction of sp³-hybridized carbons (Fsp3) is 0.364. The van der Waals surface area contributed by atoms with E-state index in [1.165, 1.54) is 24.1 Å². The van der Waals surface area contributed by atoms with Crippen molar-refractivity contribution in [1.82, 2.24) is 15.5 Å². The Labute approximate surface area is 261 Å². The van der Waals surface area contributed by atoms with Gasteiger partial charge in [0.25, 0.3) is 0 Å². The Morgan fingerprint density at radius 2 is 1.51 bits per heavy atom. The molecule has 0 aliphatic rings. The molecule has 0 radical (unpaired) electrons. The number of nitrogens with zero attached hydrogens (tertiary/aromatic N) is 1. The number of carboxylic acids is 1. The fourth-order valence-electron chi connectivity index (χ4n) is 5.12. The first-order chi connectivity index (χ1) is 21.4. The van der Waals surface area contributed by atoms with Gasteiger partial charge >= 0.3 is 5.97 Å². The predicted molar refractivity (Wildman–Crippen MR) is 169 cm³/mol. The van der Waals surface area contributed by atoms with Crippen molar-refractivity contribution in [3.05, 3.63) is 77.9 Å². The summed E-state index contributed by atoms with van der Waals surface area (Å²) in [6, 6.07) is 14.5. The molecule has 0 aliphatic carbocycles. The SMILES string of the molecule is CCCC[C@@H](C(=O)N[C@@H](CC(=O)O)C(=O)N[C@@H](Cc1cccc2ccccc12)C(N)=O)N(C)C(=O)[C@@H](N)Cc1ccc(O)cc1. The van der Waals surface area contributed by atoms with E-state index >= 15 is 0 Å². The number of nitrogens with two attached hydrogens (primary N) is 2. The molecule has 0 aliphatic heterocycles. The van der Waals surface area contributed by atoms with Crippen molar-refractivity contribution in [3.63, 3.8) is 0 Å². The summed E-state index contributed by atoms with van der Waals surface area (Å²) in [6.07, 6.45) is 0.942. The molecule has 12 heteroatoms. The first-order valence-corrected chi connectivity index (χ1v) is 14.8. The summed E-state index contributed by atoms with van der Waals surface area (Å²) in [7, 11) is 1.43. The number of aromatic hydroxyl groups is 1. The molecular weight excluding hydrogens is 578 g/mol. The number of hydrogen-bond donors (Lipinski definition) is 6. The van der Waals surface area contributed by atoms with Crippen molar-refractivity contribution < 1.29 is 34.2 Å². The quantitative estimate of drug-likeness (QED) is 0.139. The summed E-state index contributed by atoms with van der Waals surface area (Å²) in [4.78, 5) is 65.4. The Balaban J connectivity index is 1.76. The van der Waals surface area contributed by atoms with E-state index in [9.17, 15) is 34.2 Å². The Kier molecular flexibility index (Phi) is 12.4. The zero-order chi connectivity index (χ0) is 33.1. The number of unbranched alkanes of at least 4 members (excludes halogenated alkanes) is 1. The van der Waals surface area contributed by atoms with Gasteiger partial charge in [-0.1, -0.05) is 74.4 Å². The number of carbonyl (C=O) groups is 5. The molecular formula is C33H41N5O7. The van der Waals surface area contributed by atoms with Crippen molar-refractivity contribution >= 4 is 40.4 Å². The van der Waals surface area contributed by atoms with E-state index in [-0.39, 0.29) is 25.0 Å². The number of carbonyl (C=O) groups excluding carboxylic acids is 4. The summed E-state index contributed by atoms with van der Waals surface area (Å²) in [5, 5.41) is 25.8. The smallest absolute Gasteiger partial charge is 0.305 e. The fourth-order valence-corrected chi connectivity index (χ4v) is 5.12. The number of fused-ring (bicyclic) bond motifs is 1. The molecule has 0 spiro atoms. The average molecular weight is 620 g/mol. The van der Waals surface area contributed by atoms with Gasteiger partial charge in [0.15, 0.2) is 0 Å². The molecule has 0 bridgehead atoms. The number of nitrogens with one attached hydrogen (secondary N) is 2. The predicted octanol–water partition coefficient (Wildman–Crippen LogP) is 1.60. The number of rotatable bonds is 16. The molecule has 0 saturated heterocycles. The second kappa shape index (κ2) is 16.2. The molecule has 8 N–H and O–H groups in total. The number of likely N-dealkylation sites (N-methyl/N-ethyl adjacent to an activating group) is 1. The summed E-state index contributed by atoms with van der Waals surface area (Å²) in [6.45, 7) is 1.91. The molecule has 12 nitrogen and oxygen atoms in total. The topological polar surface area (TPSA) is 205 Å². The Bertz CT molecular complexity index is 1510. The van der Waals surface area contributed by atoms with Crippen molar-refractivity contribution in [2.24, 2.45) is 11.5 Å². The van der Waals surface area contributed by atoms with Gasteiger partial charge in [-0.05, 0) is 46.9 Å². The third kappa shape index (κ3) is 9.77. The van der Waals surface area contributed by atoms with Gasteiger partial charge in [-0.2, -0.15) is 0 Å². The second-order valence-electron chi connectivity index (χ2n) is 11.0. The number of amides is 4. The van der Waals surface area contributed by atoms with E-state index in [1.807, 2.05) is 43.3 Å². The van der Waals surface area contributed by atoms with Crippen LogP contribution in [0.5, 0.6) is 5.75 Å². The Morgan fingerprint density at radius 3 is 2.16 bits per heavy atom. The van der Waals surface area contributed by atoms with Crippen LogP contribution in [0.3, 0.4) is 0 Å². The maximum Gasteiger partial charge on any atom is 0.305 e. The molecule has 3 aromatic carbocycles. The number of aliphatic carboxylic acids is 1. The Morgan fingerprint density at radius 1 is 0.867 bits per heavy atom. The normalized spacial score (nSPS) is 13.7. The van der Waals surface area contributed by atoms with Crippen molar-refractivity contribution in [2.75, 3.05) is 7.05 Å². The number of primary amides is 1. The Hall–Kier alpha value is -4.97. The van der Waals surface area contributed by atoms with Gasteiger partial charge in [-0.15, -0.1) is 0 Å². The maximum absolute atomic E-state index is 13.5. The minimum Gasteiger partial charge on any atom is -0.508 e. The first kappa shape index (κ1) is 34.5. The summed E-state index contributed by atoms with van der Waals surface area (Å²) in [5.74, 6) is -4.27. The number of benzene rings is 3. The van der Waals surface area contributed by atoms with E-state index < -0.39 is 60.2 Å². The average Bonchev–Trinajstić information content (AvgIpc) is 3.01. The minimum atomic E-state index is -1.55. The van der Waals surface area contributed by atoms with Crippen LogP contribution in [0.4, 0.5) is 0 Å². The molecule has 0 unspecified atom stereocenters. The van der Waals surface area contributed by atoms with E-state index in [1.54, 1.807) is 18.2 Å². The maximum atomic E-state index is 13.5. The van der Waals surface area contributed by atoms with Crippen molar-refractivity contribution in [1.29, 1.82) is 0 Å². The van der Waals surface area contributed by atoms with Gasteiger partial charge < -0.3 is 37.2 Å². The zero-order valence-corrected chi connectivity index (χ0v) is 25.4. The molecule has 240 valence electrons. The van der Waals surface area contributed by atoms with E-state index in [4.69, 9.17) is 11.5 Å². The molecule has 3 aromatic rings. The lowest BCUT2D eigenvalue weighted by molar-refractivity contribution is -0.143. The van der Waals surface area contributed by atoms with Crippen LogP contribution >= 0.6 is 0 Å². The monoisotopic (exact) mass is 619 g/mol. The number of phenols is 1. The molecule has 4 atom stereocenters. The summed E-state index contributed by atoms with van der Waals surface area (Å²) in [5.41, 5.74) is 13.3. The molecule has 0 saturated carbocycles. The zero-order valence-electron chi connectivity index (χ0n) is 25.4. The largest absolute Gasteiger partial charge is 0.508 e. The molecule has 45 heavy (non-hydrogen) atoms. The number of carboxylic acid groups (broad SMARTS) is 1. The molecule has 0 heterocycles. The highest BCUT2D eigenvalue weighted by Crippen LogP contribution is 2.20. The molecule has 3 rings (SSSR count). The minimum absolute atomic E-state index is 0.0471. The van der Waals surface area contributed by atoms with Crippen LogP contribution in [-0.2, 0) is 36.8 Å². The van der Waals surface area contributed by atoms with Crippen molar-refractivity contribution in [2.45, 2.75) is 69.6 Å². The van der Waals surface area contributed by atoms with Gasteiger partial charge in [-0.25, -0.2) is 0 Å². The highest BCUT2D eigenvalue weighted by molar-refractivity contribution is 5.96. The van der Waals surface area contributed by atoms with Crippen LogP contribution in [0.15, 0.2) is 66.7 Å². The standard InChI is InChI=1S/C33H41N5O7/c1-3-4-12-28(38(2)33(45)25(34)17-20-13-15-23(39)16-14-20)32(44)37-27(19-29(40)41)31(43)36-26(30(35)42)18-22-10-7-9-21-8-5-6-11-24(21)22/h5-11,13-16,25-28,39H,3-4,12,17-19,34H2,1-2H3,(H2,35,42)(H,36,43)(H,37,44)(H,40,41)/t25-,26-,27-,28-/m0/s1. The lowest BCUT2D eigenvalue weighted by Crippen LogP contribution is -2.58. The first-order valence-electron chi connectivity index (χ1n) is 14.8. The third-order valence-electron chi connectivity index (χ3n) is 7.63. The van der Waals surface area contributed by atoms with Gasteiger partial charge in [0.05, 0.1) is 12.5 Å². The molecule has 4 amide bonds.